The molecule has 5 nitrogen and oxygen atoms in total. The average molecular weight is 307 g/mol. The SMILES string of the molecule is N#Cc1cccc2ccccc12.O=C[O-].O=C[O-].[Cu+2]. The van der Waals surface area contributed by atoms with E-state index in [0.717, 1.165) is 16.3 Å². The van der Waals surface area contributed by atoms with Gasteiger partial charge in [0.25, 0.3) is 0 Å². The number of benzene rings is 2. The number of hydrogen-bond acceptors (Lipinski definition) is 5. The monoisotopic (exact) mass is 306 g/mol. The van der Waals surface area contributed by atoms with Crippen LogP contribution < -0.4 is 10.2 Å². The van der Waals surface area contributed by atoms with Crippen LogP contribution in [0, 0.1) is 11.3 Å². The minimum atomic E-state index is -0.500. The van der Waals surface area contributed by atoms with Gasteiger partial charge < -0.3 is 19.8 Å². The van der Waals surface area contributed by atoms with Crippen molar-refractivity contribution in [3.8, 4) is 6.07 Å². The second-order valence-corrected chi connectivity index (χ2v) is 2.83. The number of carbonyl (C=O) groups is 2. The van der Waals surface area contributed by atoms with E-state index in [1.54, 1.807) is 0 Å². The summed E-state index contributed by atoms with van der Waals surface area (Å²) >= 11 is 0. The van der Waals surface area contributed by atoms with Crippen molar-refractivity contribution in [3.05, 3.63) is 48.0 Å². The Morgan fingerprint density at radius 2 is 1.42 bits per heavy atom. The van der Waals surface area contributed by atoms with E-state index in [1.807, 2.05) is 42.5 Å². The molecule has 0 aliphatic rings. The Labute approximate surface area is 120 Å². The summed E-state index contributed by atoms with van der Waals surface area (Å²) in [5, 5.41) is 27.4. The fourth-order valence-corrected chi connectivity index (χ4v) is 1.32. The van der Waals surface area contributed by atoms with Crippen LogP contribution in [-0.2, 0) is 26.7 Å². The van der Waals surface area contributed by atoms with Gasteiger partial charge in [-0.1, -0.05) is 36.4 Å². The minimum Gasteiger partial charge on any atom is -0.554 e. The molecule has 19 heavy (non-hydrogen) atoms. The van der Waals surface area contributed by atoms with E-state index >= 15 is 0 Å². The van der Waals surface area contributed by atoms with Crippen LogP contribution in [0.25, 0.3) is 10.8 Å². The number of carbonyl (C=O) groups excluding carboxylic acids is 2. The summed E-state index contributed by atoms with van der Waals surface area (Å²) in [5.74, 6) is 0. The molecular formula is C13H9CuNO4. The summed E-state index contributed by atoms with van der Waals surface area (Å²) in [6.45, 7) is -1.00. The molecule has 2 aromatic rings. The summed E-state index contributed by atoms with van der Waals surface area (Å²) < 4.78 is 0. The molecule has 0 spiro atoms. The summed E-state index contributed by atoms with van der Waals surface area (Å²) in [6, 6.07) is 15.8. The maximum absolute atomic E-state index is 8.79. The fraction of sp³-hybridized carbons (Fsp3) is 0. The van der Waals surface area contributed by atoms with Crippen LogP contribution >= 0.6 is 0 Å². The number of carboxylic acid groups (broad SMARTS) is 2. The van der Waals surface area contributed by atoms with Gasteiger partial charge in [0, 0.05) is 12.9 Å². The molecule has 0 bridgehead atoms. The number of fused-ring (bicyclic) bond motifs is 1. The smallest absolute Gasteiger partial charge is 0.554 e. The van der Waals surface area contributed by atoms with Crippen LogP contribution in [0.4, 0.5) is 0 Å². The van der Waals surface area contributed by atoms with Crippen molar-refractivity contribution < 1.29 is 36.9 Å². The van der Waals surface area contributed by atoms with Crippen molar-refractivity contribution in [2.24, 2.45) is 0 Å². The van der Waals surface area contributed by atoms with Crippen molar-refractivity contribution in [1.82, 2.24) is 0 Å². The van der Waals surface area contributed by atoms with E-state index in [4.69, 9.17) is 25.1 Å². The Balaban J connectivity index is 0. The number of nitriles is 1. The first-order valence-corrected chi connectivity index (χ1v) is 4.74. The molecule has 0 amide bonds. The predicted octanol–water partition coefficient (Wildman–Crippen LogP) is -0.559. The number of hydrogen-bond donors (Lipinski definition) is 0. The first-order valence-electron chi connectivity index (χ1n) is 4.74. The van der Waals surface area contributed by atoms with Gasteiger partial charge >= 0.3 is 17.1 Å². The topological polar surface area (TPSA) is 104 Å². The van der Waals surface area contributed by atoms with Gasteiger partial charge in [-0.25, -0.2) is 0 Å². The van der Waals surface area contributed by atoms with E-state index in [2.05, 4.69) is 6.07 Å². The molecule has 0 fully saturated rings. The summed E-state index contributed by atoms with van der Waals surface area (Å²) in [6.07, 6.45) is 0. The normalized spacial score (nSPS) is 7.32. The third-order valence-electron chi connectivity index (χ3n) is 1.91. The molecule has 0 heterocycles. The third-order valence-corrected chi connectivity index (χ3v) is 1.91. The zero-order valence-corrected chi connectivity index (χ0v) is 10.5. The first kappa shape index (κ1) is 19.0. The second kappa shape index (κ2) is 12.1. The molecule has 0 aliphatic carbocycles. The van der Waals surface area contributed by atoms with Gasteiger partial charge in [-0.15, -0.1) is 0 Å². The summed E-state index contributed by atoms with van der Waals surface area (Å²) in [5.41, 5.74) is 0.744. The molecule has 6 heteroatoms. The molecule has 0 atom stereocenters. The van der Waals surface area contributed by atoms with E-state index in [-0.39, 0.29) is 17.1 Å². The molecule has 2 aromatic carbocycles. The zero-order chi connectivity index (χ0) is 13.8. The van der Waals surface area contributed by atoms with Crippen LogP contribution in [-0.4, -0.2) is 12.9 Å². The van der Waals surface area contributed by atoms with Crippen molar-refractivity contribution >= 4 is 23.7 Å². The largest absolute Gasteiger partial charge is 2.00 e. The maximum Gasteiger partial charge on any atom is 2.00 e. The van der Waals surface area contributed by atoms with Gasteiger partial charge in [0.2, 0.25) is 0 Å². The van der Waals surface area contributed by atoms with Gasteiger partial charge in [-0.05, 0) is 16.8 Å². The van der Waals surface area contributed by atoms with Crippen molar-refractivity contribution in [1.29, 1.82) is 5.26 Å². The number of nitrogens with zero attached hydrogens (tertiary/aromatic N) is 1. The van der Waals surface area contributed by atoms with Gasteiger partial charge in [0.05, 0.1) is 11.6 Å². The van der Waals surface area contributed by atoms with E-state index in [9.17, 15) is 0 Å². The van der Waals surface area contributed by atoms with Crippen LogP contribution in [0.2, 0.25) is 0 Å². The molecule has 2 rings (SSSR count). The number of rotatable bonds is 0. The quantitative estimate of drug-likeness (QED) is 0.479. The Morgan fingerprint density at radius 3 is 1.95 bits per heavy atom. The van der Waals surface area contributed by atoms with Crippen molar-refractivity contribution in [3.63, 3.8) is 0 Å². The van der Waals surface area contributed by atoms with E-state index in [1.165, 1.54) is 0 Å². The summed E-state index contributed by atoms with van der Waals surface area (Å²) in [4.78, 5) is 16.5. The fourth-order valence-electron chi connectivity index (χ4n) is 1.32. The van der Waals surface area contributed by atoms with Crippen molar-refractivity contribution in [2.75, 3.05) is 0 Å². The Morgan fingerprint density at radius 1 is 0.947 bits per heavy atom. The predicted molar refractivity (Wildman–Crippen MR) is 60.8 cm³/mol. The summed E-state index contributed by atoms with van der Waals surface area (Å²) in [7, 11) is 0. The molecule has 101 valence electrons. The van der Waals surface area contributed by atoms with Crippen LogP contribution in [0.5, 0.6) is 0 Å². The van der Waals surface area contributed by atoms with E-state index < -0.39 is 12.9 Å². The first-order chi connectivity index (χ1) is 8.74. The Bertz CT molecular complexity index is 540. The molecule has 0 aromatic heterocycles. The molecule has 1 radical (unpaired) electrons. The molecular weight excluding hydrogens is 298 g/mol. The average Bonchev–Trinajstić information content (AvgIpc) is 2.40. The van der Waals surface area contributed by atoms with Crippen LogP contribution in [0.15, 0.2) is 42.5 Å². The zero-order valence-electron chi connectivity index (χ0n) is 9.58. The Hall–Kier alpha value is -2.35. The van der Waals surface area contributed by atoms with Crippen molar-refractivity contribution in [2.45, 2.75) is 0 Å². The van der Waals surface area contributed by atoms with Crippen LogP contribution in [0.1, 0.15) is 5.56 Å². The van der Waals surface area contributed by atoms with Gasteiger partial charge in [-0.2, -0.15) is 5.26 Å². The minimum absolute atomic E-state index is 0. The van der Waals surface area contributed by atoms with E-state index in [0.29, 0.717) is 0 Å². The van der Waals surface area contributed by atoms with Gasteiger partial charge in [0.1, 0.15) is 0 Å². The van der Waals surface area contributed by atoms with Gasteiger partial charge in [0.15, 0.2) is 0 Å². The Kier molecular flexibility index (Phi) is 12.1. The second-order valence-electron chi connectivity index (χ2n) is 2.83. The molecule has 0 aliphatic heterocycles. The maximum atomic E-state index is 8.79. The molecule has 0 saturated heterocycles. The van der Waals surface area contributed by atoms with Crippen LogP contribution in [0.3, 0.4) is 0 Å². The molecule has 0 saturated carbocycles. The van der Waals surface area contributed by atoms with Gasteiger partial charge in [-0.3, -0.25) is 0 Å². The standard InChI is InChI=1S/C11H7N.2CH2O2.Cu/c12-8-10-6-3-5-9-4-1-2-7-11(9)10;2*2-1-3;/h1-7H;2*1H,(H,2,3);/q;;;+2/p-2. The molecule has 0 N–H and O–H groups in total. The molecule has 0 unspecified atom stereocenters. The third kappa shape index (κ3) is 6.84.